The first-order valence-corrected chi connectivity index (χ1v) is 9.57. The number of nitro groups is 1. The van der Waals surface area contributed by atoms with Crippen LogP contribution in [0.1, 0.15) is 5.56 Å². The quantitative estimate of drug-likeness (QED) is 0.289. The fourth-order valence-corrected chi connectivity index (χ4v) is 4.33. The summed E-state index contributed by atoms with van der Waals surface area (Å²) >= 11 is 0. The summed E-state index contributed by atoms with van der Waals surface area (Å²) in [6.45, 7) is -0.457. The van der Waals surface area contributed by atoms with Crippen LogP contribution in [0, 0.1) is 22.5 Å². The van der Waals surface area contributed by atoms with E-state index in [9.17, 15) is 23.3 Å². The standard InChI is InChI=1S/C19H18N2O6S/c1-3-13-20(17(19(22)27-2)14-15-9-5-4-6-10-15)28(25,26)18-12-8-7-11-16(18)21(23)24/h1,4-12,17H,13-14H2,2H3/t17-/m0/s1. The van der Waals surface area contributed by atoms with Crippen LogP contribution in [0.3, 0.4) is 0 Å². The van der Waals surface area contributed by atoms with Crippen LogP contribution < -0.4 is 0 Å². The predicted molar refractivity (Wildman–Crippen MR) is 102 cm³/mol. The van der Waals surface area contributed by atoms with E-state index in [0.717, 1.165) is 23.5 Å². The van der Waals surface area contributed by atoms with Crippen molar-refractivity contribution < 1.29 is 22.9 Å². The lowest BCUT2D eigenvalue weighted by Gasteiger charge is -2.27. The minimum atomic E-state index is -4.46. The summed E-state index contributed by atoms with van der Waals surface area (Å²) in [6.07, 6.45) is 5.33. The van der Waals surface area contributed by atoms with Crippen LogP contribution in [0.2, 0.25) is 0 Å². The van der Waals surface area contributed by atoms with Crippen LogP contribution >= 0.6 is 0 Å². The van der Waals surface area contributed by atoms with Gasteiger partial charge in [0.25, 0.3) is 15.7 Å². The number of esters is 1. The van der Waals surface area contributed by atoms with E-state index in [0.29, 0.717) is 5.56 Å². The number of nitrogens with zero attached hydrogens (tertiary/aromatic N) is 2. The van der Waals surface area contributed by atoms with Crippen molar-refractivity contribution in [3.63, 3.8) is 0 Å². The Hall–Kier alpha value is -3.22. The van der Waals surface area contributed by atoms with Crippen LogP contribution in [0.5, 0.6) is 0 Å². The van der Waals surface area contributed by atoms with Crippen LogP contribution in [-0.2, 0) is 26.0 Å². The number of carbonyl (C=O) groups is 1. The van der Waals surface area contributed by atoms with Crippen molar-refractivity contribution in [1.82, 2.24) is 4.31 Å². The van der Waals surface area contributed by atoms with Gasteiger partial charge in [0, 0.05) is 6.07 Å². The van der Waals surface area contributed by atoms with E-state index in [-0.39, 0.29) is 6.42 Å². The second-order valence-electron chi connectivity index (χ2n) is 5.71. The second kappa shape index (κ2) is 9.12. The second-order valence-corrected chi connectivity index (χ2v) is 7.57. The van der Waals surface area contributed by atoms with Crippen LogP contribution in [0.4, 0.5) is 5.69 Å². The molecule has 0 saturated carbocycles. The topological polar surface area (TPSA) is 107 Å². The first kappa shape index (κ1) is 21.1. The first-order chi connectivity index (χ1) is 13.3. The van der Waals surface area contributed by atoms with Gasteiger partial charge in [-0.3, -0.25) is 14.9 Å². The lowest BCUT2D eigenvalue weighted by molar-refractivity contribution is -0.387. The van der Waals surface area contributed by atoms with Crippen molar-refractivity contribution in [3.05, 3.63) is 70.3 Å². The molecule has 146 valence electrons. The lowest BCUT2D eigenvalue weighted by Crippen LogP contribution is -2.47. The monoisotopic (exact) mass is 402 g/mol. The van der Waals surface area contributed by atoms with Crippen molar-refractivity contribution >= 4 is 21.7 Å². The Bertz CT molecular complexity index is 999. The number of sulfonamides is 1. The fraction of sp³-hybridized carbons (Fsp3) is 0.211. The van der Waals surface area contributed by atoms with Gasteiger partial charge in [0.1, 0.15) is 6.04 Å². The molecule has 0 fully saturated rings. The van der Waals surface area contributed by atoms with E-state index in [1.807, 2.05) is 0 Å². The van der Waals surface area contributed by atoms with Gasteiger partial charge >= 0.3 is 5.97 Å². The van der Waals surface area contributed by atoms with Gasteiger partial charge in [-0.1, -0.05) is 48.4 Å². The summed E-state index contributed by atoms with van der Waals surface area (Å²) in [5.41, 5.74) is 0.0746. The van der Waals surface area contributed by atoms with Gasteiger partial charge in [-0.15, -0.1) is 6.42 Å². The lowest BCUT2D eigenvalue weighted by atomic mass is 10.1. The minimum absolute atomic E-state index is 0.00491. The molecule has 2 aromatic carbocycles. The third-order valence-electron chi connectivity index (χ3n) is 3.99. The molecule has 28 heavy (non-hydrogen) atoms. The Morgan fingerprint density at radius 3 is 2.39 bits per heavy atom. The van der Waals surface area contributed by atoms with E-state index in [1.54, 1.807) is 30.3 Å². The van der Waals surface area contributed by atoms with E-state index in [4.69, 9.17) is 11.2 Å². The van der Waals surface area contributed by atoms with Gasteiger partial charge < -0.3 is 4.74 Å². The molecule has 0 heterocycles. The number of ether oxygens (including phenoxy) is 1. The van der Waals surface area contributed by atoms with Crippen molar-refractivity contribution in [3.8, 4) is 12.3 Å². The highest BCUT2D eigenvalue weighted by molar-refractivity contribution is 7.89. The number of carbonyl (C=O) groups excluding carboxylic acids is 1. The van der Waals surface area contributed by atoms with E-state index in [2.05, 4.69) is 5.92 Å². The fourth-order valence-electron chi connectivity index (χ4n) is 2.68. The van der Waals surface area contributed by atoms with Crippen LogP contribution in [-0.4, -0.2) is 43.3 Å². The Kier molecular flexibility index (Phi) is 6.87. The van der Waals surface area contributed by atoms with E-state index in [1.165, 1.54) is 12.1 Å². The number of terminal acetylenes is 1. The molecule has 1 atom stereocenters. The maximum absolute atomic E-state index is 13.2. The van der Waals surface area contributed by atoms with E-state index >= 15 is 0 Å². The summed E-state index contributed by atoms with van der Waals surface area (Å²) in [6, 6.07) is 12.3. The molecule has 0 radical (unpaired) electrons. The molecular formula is C19H18N2O6S. The number of rotatable bonds is 8. The van der Waals surface area contributed by atoms with Gasteiger partial charge in [0.2, 0.25) is 0 Å². The maximum atomic E-state index is 13.2. The Balaban J connectivity index is 2.58. The molecule has 0 N–H and O–H groups in total. The average Bonchev–Trinajstić information content (AvgIpc) is 2.70. The highest BCUT2D eigenvalue weighted by Crippen LogP contribution is 2.28. The molecule has 0 spiro atoms. The summed E-state index contributed by atoms with van der Waals surface area (Å²) in [4.78, 5) is 22.3. The minimum Gasteiger partial charge on any atom is -0.468 e. The summed E-state index contributed by atoms with van der Waals surface area (Å²) < 4.78 is 32.0. The highest BCUT2D eigenvalue weighted by Gasteiger charge is 2.39. The van der Waals surface area contributed by atoms with Crippen molar-refractivity contribution in [2.24, 2.45) is 0 Å². The number of hydrogen-bond donors (Lipinski definition) is 0. The number of nitro benzene ring substituents is 1. The third-order valence-corrected chi connectivity index (χ3v) is 5.89. The van der Waals surface area contributed by atoms with Gasteiger partial charge in [-0.2, -0.15) is 4.31 Å². The van der Waals surface area contributed by atoms with Crippen LogP contribution in [0.15, 0.2) is 59.5 Å². The largest absolute Gasteiger partial charge is 0.468 e. The summed E-state index contributed by atoms with van der Waals surface area (Å²) in [5, 5.41) is 11.3. The summed E-state index contributed by atoms with van der Waals surface area (Å²) in [7, 11) is -3.33. The third kappa shape index (κ3) is 4.54. The molecule has 0 bridgehead atoms. The number of benzene rings is 2. The normalized spacial score (nSPS) is 12.2. The summed E-state index contributed by atoms with van der Waals surface area (Å²) in [5.74, 6) is 1.39. The molecule has 0 saturated heterocycles. The first-order valence-electron chi connectivity index (χ1n) is 8.13. The van der Waals surface area contributed by atoms with Gasteiger partial charge in [0.15, 0.2) is 4.90 Å². The molecule has 0 aliphatic carbocycles. The Morgan fingerprint density at radius 2 is 1.82 bits per heavy atom. The maximum Gasteiger partial charge on any atom is 0.324 e. The van der Waals surface area contributed by atoms with Crippen molar-refractivity contribution in [2.75, 3.05) is 13.7 Å². The molecule has 0 aliphatic rings. The van der Waals surface area contributed by atoms with Crippen molar-refractivity contribution in [1.29, 1.82) is 0 Å². The molecule has 8 nitrogen and oxygen atoms in total. The van der Waals surface area contributed by atoms with Gasteiger partial charge in [0.05, 0.1) is 18.6 Å². The smallest absolute Gasteiger partial charge is 0.324 e. The molecule has 0 aliphatic heterocycles. The Labute approximate surface area is 162 Å². The van der Waals surface area contributed by atoms with Crippen molar-refractivity contribution in [2.45, 2.75) is 17.4 Å². The van der Waals surface area contributed by atoms with Crippen LogP contribution in [0.25, 0.3) is 0 Å². The SMILES string of the molecule is C#CCN([C@@H](Cc1ccccc1)C(=O)OC)S(=O)(=O)c1ccccc1[N+](=O)[O-]. The molecule has 0 amide bonds. The molecule has 2 rings (SSSR count). The number of hydrogen-bond acceptors (Lipinski definition) is 6. The molecule has 2 aromatic rings. The van der Waals surface area contributed by atoms with E-state index < -0.39 is 44.1 Å². The zero-order chi connectivity index (χ0) is 20.7. The predicted octanol–water partition coefficient (Wildman–Crippen LogP) is 2.00. The number of methoxy groups -OCH3 is 1. The molecular weight excluding hydrogens is 384 g/mol. The molecule has 9 heteroatoms. The highest BCUT2D eigenvalue weighted by atomic mass is 32.2. The zero-order valence-corrected chi connectivity index (χ0v) is 15.8. The molecule has 0 aromatic heterocycles. The number of para-hydroxylation sites is 1. The Morgan fingerprint density at radius 1 is 1.21 bits per heavy atom. The average molecular weight is 402 g/mol. The zero-order valence-electron chi connectivity index (χ0n) is 15.0. The van der Waals surface area contributed by atoms with Gasteiger partial charge in [-0.25, -0.2) is 8.42 Å². The molecule has 0 unspecified atom stereocenters. The van der Waals surface area contributed by atoms with Gasteiger partial charge in [-0.05, 0) is 18.1 Å².